The second-order valence-electron chi connectivity index (χ2n) is 5.55. The molecule has 1 aliphatic heterocycles. The molecule has 0 saturated carbocycles. The van der Waals surface area contributed by atoms with Gasteiger partial charge in [0.25, 0.3) is 0 Å². The van der Waals surface area contributed by atoms with Crippen LogP contribution >= 0.6 is 0 Å². The van der Waals surface area contributed by atoms with Crippen molar-refractivity contribution >= 4 is 11.7 Å². The summed E-state index contributed by atoms with van der Waals surface area (Å²) < 4.78 is 34.4. The zero-order chi connectivity index (χ0) is 18.7. The summed E-state index contributed by atoms with van der Waals surface area (Å²) in [6, 6.07) is 8.20. The molecule has 136 valence electrons. The number of methoxy groups -OCH3 is 3. The fourth-order valence-electron chi connectivity index (χ4n) is 2.67. The molecule has 0 aromatic heterocycles. The standard InChI is InChI=1S/C19H18FNO5/c1-23-15-8-12(9-16(24-2)18(15)25-3)17(22)14-10-26-19(21-14)11-4-6-13(20)7-5-11/h4-9,14H,10H2,1-3H3. The average molecular weight is 359 g/mol. The summed E-state index contributed by atoms with van der Waals surface area (Å²) in [4.78, 5) is 17.1. The third kappa shape index (κ3) is 3.33. The number of ether oxygens (including phenoxy) is 4. The van der Waals surface area contributed by atoms with E-state index in [2.05, 4.69) is 4.99 Å². The highest BCUT2D eigenvalue weighted by molar-refractivity contribution is 6.05. The Morgan fingerprint density at radius 1 is 1.08 bits per heavy atom. The number of benzene rings is 2. The van der Waals surface area contributed by atoms with E-state index in [-0.39, 0.29) is 18.2 Å². The lowest BCUT2D eigenvalue weighted by atomic mass is 10.0. The highest BCUT2D eigenvalue weighted by Gasteiger charge is 2.29. The Morgan fingerprint density at radius 2 is 1.69 bits per heavy atom. The van der Waals surface area contributed by atoms with Crippen LogP contribution in [0.4, 0.5) is 4.39 Å². The molecule has 1 unspecified atom stereocenters. The van der Waals surface area contributed by atoms with Crippen molar-refractivity contribution in [2.45, 2.75) is 6.04 Å². The van der Waals surface area contributed by atoms with E-state index in [4.69, 9.17) is 18.9 Å². The second-order valence-corrected chi connectivity index (χ2v) is 5.55. The number of carbonyl (C=O) groups is 1. The molecule has 2 aromatic carbocycles. The highest BCUT2D eigenvalue weighted by Crippen LogP contribution is 2.38. The normalized spacial score (nSPS) is 15.8. The Labute approximate surface area is 150 Å². The second kappa shape index (κ2) is 7.43. The number of nitrogens with zero attached hydrogens (tertiary/aromatic N) is 1. The van der Waals surface area contributed by atoms with Gasteiger partial charge >= 0.3 is 0 Å². The topological polar surface area (TPSA) is 66.4 Å². The molecule has 3 rings (SSSR count). The van der Waals surface area contributed by atoms with Gasteiger partial charge in [-0.25, -0.2) is 9.38 Å². The average Bonchev–Trinajstić information content (AvgIpc) is 3.16. The molecule has 1 heterocycles. The first-order chi connectivity index (χ1) is 12.6. The zero-order valence-corrected chi connectivity index (χ0v) is 14.6. The summed E-state index contributed by atoms with van der Waals surface area (Å²) in [6.45, 7) is 0.113. The molecular weight excluding hydrogens is 341 g/mol. The van der Waals surface area contributed by atoms with Gasteiger partial charge in [0.15, 0.2) is 23.3 Å². The number of aliphatic imine (C=N–C) groups is 1. The summed E-state index contributed by atoms with van der Waals surface area (Å²) in [5, 5.41) is 0. The third-order valence-corrected chi connectivity index (χ3v) is 3.99. The molecule has 0 spiro atoms. The molecule has 0 bridgehead atoms. The van der Waals surface area contributed by atoms with Crippen LogP contribution in [-0.2, 0) is 4.74 Å². The lowest BCUT2D eigenvalue weighted by Gasteiger charge is -2.14. The summed E-state index contributed by atoms with van der Waals surface area (Å²) in [5.74, 6) is 0.910. The Hall–Kier alpha value is -3.09. The van der Waals surface area contributed by atoms with Crippen molar-refractivity contribution in [3.05, 3.63) is 53.3 Å². The van der Waals surface area contributed by atoms with Crippen LogP contribution in [0.1, 0.15) is 15.9 Å². The van der Waals surface area contributed by atoms with Gasteiger partial charge in [-0.3, -0.25) is 4.79 Å². The molecular formula is C19H18FNO5. The maximum absolute atomic E-state index is 13.0. The van der Waals surface area contributed by atoms with Crippen molar-refractivity contribution in [1.82, 2.24) is 0 Å². The number of ketones is 1. The van der Waals surface area contributed by atoms with Crippen molar-refractivity contribution < 1.29 is 28.1 Å². The van der Waals surface area contributed by atoms with Crippen molar-refractivity contribution in [1.29, 1.82) is 0 Å². The zero-order valence-electron chi connectivity index (χ0n) is 14.6. The molecule has 0 saturated heterocycles. The van der Waals surface area contributed by atoms with Crippen LogP contribution in [0.3, 0.4) is 0 Å². The number of hydrogen-bond donors (Lipinski definition) is 0. The van der Waals surface area contributed by atoms with Crippen molar-refractivity contribution in [2.75, 3.05) is 27.9 Å². The minimum atomic E-state index is -0.696. The molecule has 1 atom stereocenters. The van der Waals surface area contributed by atoms with Crippen molar-refractivity contribution in [2.24, 2.45) is 4.99 Å². The van der Waals surface area contributed by atoms with Crippen molar-refractivity contribution in [3.8, 4) is 17.2 Å². The van der Waals surface area contributed by atoms with E-state index in [1.165, 1.54) is 33.5 Å². The predicted octanol–water partition coefficient (Wildman–Crippen LogP) is 2.88. The molecule has 0 N–H and O–H groups in total. The van der Waals surface area contributed by atoms with Gasteiger partial charge < -0.3 is 18.9 Å². The van der Waals surface area contributed by atoms with Gasteiger partial charge in [0.05, 0.1) is 21.3 Å². The van der Waals surface area contributed by atoms with E-state index in [0.29, 0.717) is 34.3 Å². The molecule has 0 radical (unpaired) electrons. The van der Waals surface area contributed by atoms with Crippen LogP contribution in [-0.4, -0.2) is 45.7 Å². The fraction of sp³-hybridized carbons (Fsp3) is 0.263. The highest BCUT2D eigenvalue weighted by atomic mass is 19.1. The SMILES string of the molecule is COc1cc(C(=O)C2COC(c3ccc(F)cc3)=N2)cc(OC)c1OC. The summed E-state index contributed by atoms with van der Waals surface area (Å²) >= 11 is 0. The van der Waals surface area contributed by atoms with Crippen LogP contribution in [0.2, 0.25) is 0 Å². The number of rotatable bonds is 6. The predicted molar refractivity (Wildman–Crippen MR) is 93.1 cm³/mol. The molecule has 2 aromatic rings. The van der Waals surface area contributed by atoms with Gasteiger partial charge in [0.2, 0.25) is 11.6 Å². The van der Waals surface area contributed by atoms with E-state index >= 15 is 0 Å². The maximum atomic E-state index is 13.0. The Balaban J connectivity index is 1.89. The molecule has 0 aliphatic carbocycles. The maximum Gasteiger partial charge on any atom is 0.217 e. The fourth-order valence-corrected chi connectivity index (χ4v) is 2.67. The summed E-state index contributed by atoms with van der Waals surface area (Å²) in [6.07, 6.45) is 0. The van der Waals surface area contributed by atoms with Gasteiger partial charge in [0.1, 0.15) is 12.4 Å². The van der Waals surface area contributed by atoms with Crippen LogP contribution in [0, 0.1) is 5.82 Å². The molecule has 26 heavy (non-hydrogen) atoms. The lowest BCUT2D eigenvalue weighted by molar-refractivity contribution is 0.0947. The van der Waals surface area contributed by atoms with Gasteiger partial charge in [-0.1, -0.05) is 0 Å². The Morgan fingerprint density at radius 3 is 2.23 bits per heavy atom. The van der Waals surface area contributed by atoms with Crippen molar-refractivity contribution in [3.63, 3.8) is 0 Å². The van der Waals surface area contributed by atoms with E-state index in [9.17, 15) is 9.18 Å². The molecule has 6 nitrogen and oxygen atoms in total. The molecule has 7 heteroatoms. The van der Waals surface area contributed by atoms with Crippen LogP contribution in [0.15, 0.2) is 41.4 Å². The van der Waals surface area contributed by atoms with E-state index < -0.39 is 6.04 Å². The largest absolute Gasteiger partial charge is 0.493 e. The first kappa shape index (κ1) is 17.7. The quantitative estimate of drug-likeness (QED) is 0.742. The molecule has 1 aliphatic rings. The number of halogens is 1. The number of Topliss-reactive ketones (excluding diaryl/α,β-unsaturated/α-hetero) is 1. The Kier molecular flexibility index (Phi) is 5.06. The number of carbonyl (C=O) groups excluding carboxylic acids is 1. The van der Waals surface area contributed by atoms with Gasteiger partial charge in [-0.15, -0.1) is 0 Å². The first-order valence-electron chi connectivity index (χ1n) is 7.88. The number of hydrogen-bond acceptors (Lipinski definition) is 6. The minimum Gasteiger partial charge on any atom is -0.493 e. The molecule has 0 amide bonds. The monoisotopic (exact) mass is 359 g/mol. The van der Waals surface area contributed by atoms with Crippen LogP contribution in [0.25, 0.3) is 0 Å². The Bertz CT molecular complexity index is 823. The van der Waals surface area contributed by atoms with E-state index in [1.54, 1.807) is 24.3 Å². The smallest absolute Gasteiger partial charge is 0.217 e. The van der Waals surface area contributed by atoms with Crippen LogP contribution in [0.5, 0.6) is 17.2 Å². The summed E-state index contributed by atoms with van der Waals surface area (Å²) in [5.41, 5.74) is 0.990. The van der Waals surface area contributed by atoms with Gasteiger partial charge in [-0.2, -0.15) is 0 Å². The lowest BCUT2D eigenvalue weighted by Crippen LogP contribution is -2.20. The van der Waals surface area contributed by atoms with E-state index in [0.717, 1.165) is 0 Å². The minimum absolute atomic E-state index is 0.113. The molecule has 0 fully saturated rings. The van der Waals surface area contributed by atoms with Gasteiger partial charge in [0, 0.05) is 11.1 Å². The first-order valence-corrected chi connectivity index (χ1v) is 7.88. The third-order valence-electron chi connectivity index (χ3n) is 3.99. The van der Waals surface area contributed by atoms with Crippen LogP contribution < -0.4 is 14.2 Å². The van der Waals surface area contributed by atoms with E-state index in [1.807, 2.05) is 0 Å². The van der Waals surface area contributed by atoms with Gasteiger partial charge in [-0.05, 0) is 36.4 Å². The summed E-state index contributed by atoms with van der Waals surface area (Å²) in [7, 11) is 4.45.